The van der Waals surface area contributed by atoms with Crippen molar-refractivity contribution in [1.82, 2.24) is 14.7 Å². The second-order valence-corrected chi connectivity index (χ2v) is 10.3. The van der Waals surface area contributed by atoms with E-state index in [0.29, 0.717) is 21.8 Å². The largest absolute Gasteiger partial charge is 0.360 e. The van der Waals surface area contributed by atoms with Crippen molar-refractivity contribution in [3.05, 3.63) is 62.7 Å². The predicted molar refractivity (Wildman–Crippen MR) is 127 cm³/mol. The highest BCUT2D eigenvalue weighted by Crippen LogP contribution is 2.36. The highest BCUT2D eigenvalue weighted by atomic mass is 32.2. The zero-order valence-corrected chi connectivity index (χ0v) is 19.7. The maximum atomic E-state index is 14.8. The summed E-state index contributed by atoms with van der Waals surface area (Å²) in [5.41, 5.74) is 0.856. The molecule has 0 aliphatic heterocycles. The molecule has 1 aliphatic rings. The van der Waals surface area contributed by atoms with Crippen molar-refractivity contribution in [3.8, 4) is 5.69 Å². The van der Waals surface area contributed by atoms with Crippen LogP contribution in [0.1, 0.15) is 36.0 Å². The third kappa shape index (κ3) is 4.08. The molecule has 7 nitrogen and oxygen atoms in total. The molecule has 0 saturated heterocycles. The Balaban J connectivity index is 1.59. The molecular formula is C23H21FN4O3S2. The molecule has 1 aliphatic carbocycles. The fourth-order valence-electron chi connectivity index (χ4n) is 3.98. The Hall–Kier alpha value is -2.98. The summed E-state index contributed by atoms with van der Waals surface area (Å²) in [7, 11) is 0. The maximum absolute atomic E-state index is 14.8. The summed E-state index contributed by atoms with van der Waals surface area (Å²) in [5, 5.41) is 6.69. The normalized spacial score (nSPS) is 14.3. The summed E-state index contributed by atoms with van der Waals surface area (Å²) in [6.45, 7) is 3.43. The van der Waals surface area contributed by atoms with Gasteiger partial charge in [-0.25, -0.2) is 9.37 Å². The molecule has 0 radical (unpaired) electrons. The smallest absolute Gasteiger partial charge is 0.267 e. The van der Waals surface area contributed by atoms with E-state index in [9.17, 15) is 14.0 Å². The topological polar surface area (TPSA) is 90.0 Å². The molecule has 0 fully saturated rings. The lowest BCUT2D eigenvalue weighted by molar-refractivity contribution is -0.115. The number of nitrogens with one attached hydrogen (secondary N) is 1. The fraction of sp³-hybridized carbons (Fsp3) is 0.304. The minimum Gasteiger partial charge on any atom is -0.360 e. The number of thioether (sulfide) groups is 1. The van der Waals surface area contributed by atoms with Crippen LogP contribution >= 0.6 is 23.1 Å². The van der Waals surface area contributed by atoms with E-state index >= 15 is 0 Å². The van der Waals surface area contributed by atoms with Gasteiger partial charge in [-0.05, 0) is 57.2 Å². The number of hydrogen-bond acceptors (Lipinski definition) is 7. The number of fused-ring (bicyclic) bond motifs is 3. The Bertz CT molecular complexity index is 1430. The van der Waals surface area contributed by atoms with Crippen LogP contribution in [0.15, 0.2) is 44.8 Å². The summed E-state index contributed by atoms with van der Waals surface area (Å²) in [6.07, 6.45) is 3.86. The lowest BCUT2D eigenvalue weighted by atomic mass is 9.97. The van der Waals surface area contributed by atoms with Gasteiger partial charge in [-0.2, -0.15) is 0 Å². The van der Waals surface area contributed by atoms with E-state index in [-0.39, 0.29) is 22.3 Å². The Labute approximate surface area is 197 Å². The molecule has 5 rings (SSSR count). The molecule has 0 spiro atoms. The molecule has 3 aromatic heterocycles. The van der Waals surface area contributed by atoms with E-state index in [0.717, 1.165) is 43.0 Å². The molecule has 3 heterocycles. The van der Waals surface area contributed by atoms with E-state index in [1.54, 1.807) is 38.1 Å². The minimum atomic E-state index is -0.626. The monoisotopic (exact) mass is 484 g/mol. The molecule has 1 unspecified atom stereocenters. The number of rotatable bonds is 5. The van der Waals surface area contributed by atoms with E-state index in [2.05, 4.69) is 10.5 Å². The molecule has 1 N–H and O–H groups in total. The van der Waals surface area contributed by atoms with Gasteiger partial charge in [0.1, 0.15) is 16.4 Å². The molecule has 1 amide bonds. The first kappa shape index (κ1) is 21.8. The van der Waals surface area contributed by atoms with E-state index in [1.807, 2.05) is 0 Å². The van der Waals surface area contributed by atoms with Gasteiger partial charge in [-0.1, -0.05) is 29.1 Å². The number of halogens is 1. The number of para-hydroxylation sites is 1. The number of carbonyl (C=O) groups is 1. The highest BCUT2D eigenvalue weighted by Gasteiger charge is 2.26. The quantitative estimate of drug-likeness (QED) is 0.321. The van der Waals surface area contributed by atoms with Gasteiger partial charge < -0.3 is 9.84 Å². The fourth-order valence-corrected chi connectivity index (χ4v) is 6.20. The van der Waals surface area contributed by atoms with Crippen LogP contribution in [0, 0.1) is 12.7 Å². The van der Waals surface area contributed by atoms with Crippen LogP contribution in [-0.2, 0) is 17.6 Å². The zero-order chi connectivity index (χ0) is 23.1. The summed E-state index contributed by atoms with van der Waals surface area (Å²) >= 11 is 2.63. The molecule has 33 heavy (non-hydrogen) atoms. The van der Waals surface area contributed by atoms with Crippen molar-refractivity contribution in [1.29, 1.82) is 0 Å². The summed E-state index contributed by atoms with van der Waals surface area (Å²) in [6, 6.07) is 7.73. The molecule has 170 valence electrons. The van der Waals surface area contributed by atoms with Crippen molar-refractivity contribution < 1.29 is 13.7 Å². The molecule has 10 heteroatoms. The van der Waals surface area contributed by atoms with Crippen molar-refractivity contribution in [2.75, 3.05) is 5.32 Å². The van der Waals surface area contributed by atoms with Gasteiger partial charge in [0.2, 0.25) is 5.91 Å². The van der Waals surface area contributed by atoms with Gasteiger partial charge in [0, 0.05) is 10.9 Å². The van der Waals surface area contributed by atoms with Gasteiger partial charge in [-0.15, -0.1) is 11.3 Å². The number of aryl methyl sites for hydroxylation is 3. The second-order valence-electron chi connectivity index (χ2n) is 7.95. The number of benzene rings is 1. The SMILES string of the molecule is Cc1cc(NC(=O)C(C)Sc2nc3sc4c(c3c(=O)n2-c2ccccc2F)CCCC4)no1. The van der Waals surface area contributed by atoms with Crippen molar-refractivity contribution in [3.63, 3.8) is 0 Å². The highest BCUT2D eigenvalue weighted by molar-refractivity contribution is 8.00. The molecule has 0 bridgehead atoms. The van der Waals surface area contributed by atoms with Gasteiger partial charge in [0.15, 0.2) is 11.0 Å². The van der Waals surface area contributed by atoms with Gasteiger partial charge in [0.05, 0.1) is 16.3 Å². The van der Waals surface area contributed by atoms with E-state index in [1.165, 1.54) is 26.8 Å². The Morgan fingerprint density at radius 1 is 1.30 bits per heavy atom. The number of amides is 1. The van der Waals surface area contributed by atoms with Crippen LogP contribution in [0.25, 0.3) is 15.9 Å². The number of thiophene rings is 1. The standard InChI is InChI=1S/C23H21FN4O3S2/c1-12-11-18(27-31-12)25-20(29)13(2)32-23-26-21-19(14-7-3-6-10-17(14)33-21)22(30)28(23)16-9-5-4-8-15(16)24/h4-5,8-9,11,13H,3,6-7,10H2,1-2H3,(H,25,27,29). The van der Waals surface area contributed by atoms with Crippen LogP contribution < -0.4 is 10.9 Å². The van der Waals surface area contributed by atoms with Crippen LogP contribution in [0.5, 0.6) is 0 Å². The first-order chi connectivity index (χ1) is 15.9. The summed E-state index contributed by atoms with van der Waals surface area (Å²) < 4.78 is 21.1. The van der Waals surface area contributed by atoms with Gasteiger partial charge >= 0.3 is 0 Å². The Kier molecular flexibility index (Phi) is 5.79. The van der Waals surface area contributed by atoms with Crippen LogP contribution in [-0.4, -0.2) is 25.9 Å². The average molecular weight is 485 g/mol. The van der Waals surface area contributed by atoms with Gasteiger partial charge in [0.25, 0.3) is 5.56 Å². The number of hydrogen-bond donors (Lipinski definition) is 1. The molecular weight excluding hydrogens is 463 g/mol. The summed E-state index contributed by atoms with van der Waals surface area (Å²) in [4.78, 5) is 33.0. The summed E-state index contributed by atoms with van der Waals surface area (Å²) in [5.74, 6) is 0.0358. The van der Waals surface area contributed by atoms with Crippen molar-refractivity contribution in [2.24, 2.45) is 0 Å². The zero-order valence-electron chi connectivity index (χ0n) is 18.1. The number of anilines is 1. The van der Waals surface area contributed by atoms with Crippen LogP contribution in [0.3, 0.4) is 0 Å². The molecule has 0 saturated carbocycles. The number of nitrogens with zero attached hydrogens (tertiary/aromatic N) is 3. The third-order valence-electron chi connectivity index (χ3n) is 5.58. The van der Waals surface area contributed by atoms with Crippen molar-refractivity contribution >= 4 is 45.0 Å². The van der Waals surface area contributed by atoms with Gasteiger partial charge in [-0.3, -0.25) is 14.2 Å². The van der Waals surface area contributed by atoms with E-state index in [4.69, 9.17) is 9.51 Å². The first-order valence-electron chi connectivity index (χ1n) is 10.7. The van der Waals surface area contributed by atoms with Crippen molar-refractivity contribution in [2.45, 2.75) is 49.9 Å². The number of aromatic nitrogens is 3. The van der Waals surface area contributed by atoms with Crippen LogP contribution in [0.4, 0.5) is 10.2 Å². The minimum absolute atomic E-state index is 0.120. The lowest BCUT2D eigenvalue weighted by Gasteiger charge is -2.16. The lowest BCUT2D eigenvalue weighted by Crippen LogP contribution is -2.27. The first-order valence-corrected chi connectivity index (χ1v) is 12.3. The second kappa shape index (κ2) is 8.75. The molecule has 4 aromatic rings. The molecule has 1 atom stereocenters. The Morgan fingerprint density at radius 2 is 2.09 bits per heavy atom. The average Bonchev–Trinajstić information content (AvgIpc) is 3.37. The van der Waals surface area contributed by atoms with Crippen LogP contribution in [0.2, 0.25) is 0 Å². The maximum Gasteiger partial charge on any atom is 0.267 e. The predicted octanol–water partition coefficient (Wildman–Crippen LogP) is 4.88. The number of carbonyl (C=O) groups excluding carboxylic acids is 1. The Morgan fingerprint density at radius 3 is 2.85 bits per heavy atom. The van der Waals surface area contributed by atoms with E-state index < -0.39 is 11.1 Å². The third-order valence-corrected chi connectivity index (χ3v) is 7.82. The molecule has 1 aromatic carbocycles.